The zero-order chi connectivity index (χ0) is 44.3. The molecule has 0 aromatic heterocycles. The number of fused-ring (bicyclic) bond motifs is 2. The van der Waals surface area contributed by atoms with E-state index in [2.05, 4.69) is 14.7 Å². The molecule has 21 heteroatoms. The lowest BCUT2D eigenvalue weighted by atomic mass is 9.81. The second-order valence-electron chi connectivity index (χ2n) is 15.7. The number of allylic oxidation sites excluding steroid dienone is 7. The first kappa shape index (κ1) is 47.2. The van der Waals surface area contributed by atoms with Gasteiger partial charge in [0.25, 0.3) is 30.4 Å². The molecule has 1 aliphatic carbocycles. The number of aliphatic carboxylic acids is 1. The average Bonchev–Trinajstić information content (AvgIpc) is 3.48. The Morgan fingerprint density at radius 1 is 0.900 bits per heavy atom. The highest BCUT2D eigenvalue weighted by Gasteiger charge is 2.45. The third-order valence-electron chi connectivity index (χ3n) is 10.8. The highest BCUT2D eigenvalue weighted by molar-refractivity contribution is 7.94. The number of carbonyl (C=O) groups is 1. The predicted octanol–water partition coefficient (Wildman–Crippen LogP) is 5.96. The summed E-state index contributed by atoms with van der Waals surface area (Å²) in [5, 5.41) is 25.3. The van der Waals surface area contributed by atoms with Crippen molar-refractivity contribution in [3.8, 4) is 0 Å². The fourth-order valence-corrected chi connectivity index (χ4v) is 9.90. The van der Waals surface area contributed by atoms with Crippen molar-refractivity contribution >= 4 is 65.5 Å². The van der Waals surface area contributed by atoms with E-state index in [4.69, 9.17) is 5.26 Å². The molecule has 0 atom stereocenters. The van der Waals surface area contributed by atoms with E-state index in [0.717, 1.165) is 46.6 Å². The first-order valence-corrected chi connectivity index (χ1v) is 24.4. The van der Waals surface area contributed by atoms with Crippen molar-refractivity contribution in [1.82, 2.24) is 5.32 Å². The average molecular weight is 913 g/mol. The van der Waals surface area contributed by atoms with Crippen molar-refractivity contribution in [2.45, 2.75) is 86.8 Å². The van der Waals surface area contributed by atoms with Crippen LogP contribution in [0.2, 0.25) is 0 Å². The lowest BCUT2D eigenvalue weighted by molar-refractivity contribution is -0.437. The second-order valence-corrected chi connectivity index (χ2v) is 21.0. The van der Waals surface area contributed by atoms with Gasteiger partial charge in [-0.15, -0.1) is 4.33 Å². The Bertz CT molecular complexity index is 2510. The van der Waals surface area contributed by atoms with Crippen LogP contribution in [0.5, 0.6) is 0 Å². The Kier molecular flexibility index (Phi) is 14.6. The van der Waals surface area contributed by atoms with E-state index in [-0.39, 0.29) is 43.8 Å². The molecule has 0 bridgehead atoms. The standard InChI is InChI=1S/C39H49N3O14S4/c1-38(2)30-24-28(57-56-55-45)12-14-32(30)41(20-6-22-58(46,47)48)34(38)16-10-26-8-5-9-27(37(26)40-19-18-36(43)44)11-17-35-39(3,4)31-25-29(60(52,53)54)13-15-33(31)42(35)21-7-23-59(49,50)51/h10-17,24-25H,5-9,18-23H2,1-4H3,(H5,43,44,45,46,47,48,49,50,51,52,53,54)/p+1/b27-11+,35-17-. The number of carboxylic acid groups (broad SMARTS) is 1. The zero-order valence-corrected chi connectivity index (χ0v) is 36.8. The van der Waals surface area contributed by atoms with Crippen LogP contribution in [0.3, 0.4) is 0 Å². The number of hydrogen-bond acceptors (Lipinski definition) is 13. The van der Waals surface area contributed by atoms with Crippen LogP contribution in [0, 0.1) is 0 Å². The number of rotatable bonds is 19. The number of hydrogen-bond donors (Lipinski definition) is 6. The smallest absolute Gasteiger partial charge is 0.305 e. The minimum absolute atomic E-state index is 0.0516. The number of anilines is 1. The molecule has 60 heavy (non-hydrogen) atoms. The van der Waals surface area contributed by atoms with Crippen LogP contribution in [-0.2, 0) is 55.4 Å². The van der Waals surface area contributed by atoms with Crippen LogP contribution in [0.15, 0.2) is 93.0 Å². The lowest BCUT2D eigenvalue weighted by Gasteiger charge is -2.27. The highest BCUT2D eigenvalue weighted by Crippen LogP contribution is 2.49. The maximum absolute atomic E-state index is 12.1. The van der Waals surface area contributed by atoms with Gasteiger partial charge in [0.1, 0.15) is 6.54 Å². The Hall–Kier alpha value is -3.90. The molecule has 2 heterocycles. The largest absolute Gasteiger partial charge is 0.481 e. The zero-order valence-electron chi connectivity index (χ0n) is 33.5. The van der Waals surface area contributed by atoms with Crippen LogP contribution < -0.4 is 10.2 Å². The minimum Gasteiger partial charge on any atom is -0.481 e. The van der Waals surface area contributed by atoms with Crippen LogP contribution in [0.4, 0.5) is 11.4 Å². The van der Waals surface area contributed by atoms with E-state index in [0.29, 0.717) is 40.4 Å². The summed E-state index contributed by atoms with van der Waals surface area (Å²) in [5.41, 5.74) is 5.34. The number of benzene rings is 2. The molecular formula is C39H50N3O14S4+. The molecular weight excluding hydrogens is 863 g/mol. The van der Waals surface area contributed by atoms with Crippen molar-refractivity contribution in [3.05, 3.63) is 94.4 Å². The van der Waals surface area contributed by atoms with E-state index in [1.165, 1.54) is 12.1 Å². The summed E-state index contributed by atoms with van der Waals surface area (Å²) in [6.07, 6.45) is 9.64. The fourth-order valence-electron chi connectivity index (χ4n) is 8.01. The summed E-state index contributed by atoms with van der Waals surface area (Å²) in [4.78, 5) is 13.8. The van der Waals surface area contributed by atoms with Gasteiger partial charge in [0, 0.05) is 64.6 Å². The first-order chi connectivity index (χ1) is 27.9. The molecule has 0 radical (unpaired) electrons. The van der Waals surface area contributed by atoms with Crippen molar-refractivity contribution in [2.24, 2.45) is 0 Å². The highest BCUT2D eigenvalue weighted by atomic mass is 32.2. The molecule has 0 saturated carbocycles. The van der Waals surface area contributed by atoms with Gasteiger partial charge in [-0.2, -0.15) is 29.8 Å². The number of nitrogens with zero attached hydrogens (tertiary/aromatic N) is 2. The fraction of sp³-hybridized carbons (Fsp3) is 0.436. The summed E-state index contributed by atoms with van der Waals surface area (Å²) in [6, 6.07) is 9.69. The molecule has 2 aromatic carbocycles. The van der Waals surface area contributed by atoms with Crippen molar-refractivity contribution < 1.29 is 68.0 Å². The Morgan fingerprint density at radius 3 is 2.25 bits per heavy atom. The van der Waals surface area contributed by atoms with Crippen LogP contribution in [0.1, 0.15) is 77.3 Å². The minimum atomic E-state index is -4.54. The van der Waals surface area contributed by atoms with E-state index >= 15 is 0 Å². The van der Waals surface area contributed by atoms with Gasteiger partial charge in [0.15, 0.2) is 5.71 Å². The molecule has 0 fully saturated rings. The Morgan fingerprint density at radius 2 is 1.60 bits per heavy atom. The third-order valence-corrected chi connectivity index (χ3v) is 13.8. The molecule has 17 nitrogen and oxygen atoms in total. The Balaban J connectivity index is 1.60. The summed E-state index contributed by atoms with van der Waals surface area (Å²) in [6.45, 7) is 8.29. The van der Waals surface area contributed by atoms with Crippen LogP contribution in [-0.4, -0.2) is 96.7 Å². The number of nitrogens with one attached hydrogen (secondary N) is 1. The van der Waals surface area contributed by atoms with Crippen molar-refractivity contribution in [1.29, 1.82) is 0 Å². The molecule has 0 saturated heterocycles. The summed E-state index contributed by atoms with van der Waals surface area (Å²) < 4.78 is 106. The van der Waals surface area contributed by atoms with Gasteiger partial charge in [-0.1, -0.05) is 31.0 Å². The van der Waals surface area contributed by atoms with Gasteiger partial charge < -0.3 is 15.3 Å². The van der Waals surface area contributed by atoms with E-state index in [1.54, 1.807) is 12.1 Å². The van der Waals surface area contributed by atoms with Gasteiger partial charge in [-0.3, -0.25) is 18.5 Å². The Labute approximate surface area is 354 Å². The van der Waals surface area contributed by atoms with Crippen LogP contribution in [0.25, 0.3) is 0 Å². The summed E-state index contributed by atoms with van der Waals surface area (Å²) in [7, 11) is -13.0. The molecule has 2 aromatic rings. The van der Waals surface area contributed by atoms with Gasteiger partial charge >= 0.3 is 5.97 Å². The maximum atomic E-state index is 12.1. The molecule has 0 amide bonds. The predicted molar refractivity (Wildman–Crippen MR) is 225 cm³/mol. The van der Waals surface area contributed by atoms with Gasteiger partial charge in [-0.25, -0.2) is 5.26 Å². The van der Waals surface area contributed by atoms with E-state index < -0.39 is 58.7 Å². The third kappa shape index (κ3) is 11.3. The lowest BCUT2D eigenvalue weighted by Crippen LogP contribution is -2.28. The molecule has 0 spiro atoms. The van der Waals surface area contributed by atoms with Gasteiger partial charge in [0.05, 0.1) is 40.3 Å². The first-order valence-electron chi connectivity index (χ1n) is 19.0. The second kappa shape index (κ2) is 18.6. The van der Waals surface area contributed by atoms with E-state index in [1.807, 2.05) is 73.6 Å². The van der Waals surface area contributed by atoms with Crippen molar-refractivity contribution in [3.63, 3.8) is 0 Å². The van der Waals surface area contributed by atoms with Gasteiger partial charge in [-0.05, 0) is 92.6 Å². The normalized spacial score (nSPS) is 19.2. The summed E-state index contributed by atoms with van der Waals surface area (Å²) in [5.74, 6) is -1.94. The topological polar surface area (TPSA) is 257 Å². The van der Waals surface area contributed by atoms with Crippen molar-refractivity contribution in [2.75, 3.05) is 36.0 Å². The van der Waals surface area contributed by atoms with Crippen LogP contribution >= 0.6 is 12.0 Å². The van der Waals surface area contributed by atoms with Gasteiger partial charge in [0.2, 0.25) is 5.69 Å². The summed E-state index contributed by atoms with van der Waals surface area (Å²) >= 11 is 0.803. The molecule has 328 valence electrons. The molecule has 2 aliphatic heterocycles. The maximum Gasteiger partial charge on any atom is 0.305 e. The SMILES string of the molecule is CC1(C)C(/C=C/C2=C(NCCC(=O)O)C(=C/C=C3\N(CCCS(=O)(=O)O)c4ccc(S(=O)(=O)O)cc4C3(C)C)/CCC2)=[N+](CCCS(=O)(=O)O)c2ccc(SOOO)cc21. The monoisotopic (exact) mass is 912 g/mol. The molecule has 6 N–H and O–H groups in total. The molecule has 5 rings (SSSR count). The quantitative estimate of drug-likeness (QED) is 0.0312. The molecule has 3 aliphatic rings. The number of carboxylic acids is 1. The van der Waals surface area contributed by atoms with E-state index in [9.17, 15) is 48.8 Å². The molecule has 0 unspecified atom stereocenters.